The molecule has 0 radical (unpaired) electrons. The molecule has 2 fully saturated rings. The first-order chi connectivity index (χ1) is 8.15. The maximum Gasteiger partial charge on any atom is 0.160 e. The summed E-state index contributed by atoms with van der Waals surface area (Å²) in [6, 6.07) is 0.0475. The van der Waals surface area contributed by atoms with Gasteiger partial charge in [-0.25, -0.2) is 0 Å². The minimum Gasteiger partial charge on any atom is -0.299 e. The van der Waals surface area contributed by atoms with E-state index in [0.717, 1.165) is 32.4 Å². The van der Waals surface area contributed by atoms with Crippen molar-refractivity contribution in [2.75, 3.05) is 13.1 Å². The number of ketones is 2. The number of piperidine rings is 1. The number of Topliss-reactive ketones (excluding diaryl/α,β-unsaturated/α-hetero) is 2. The van der Waals surface area contributed by atoms with Crippen molar-refractivity contribution in [2.45, 2.75) is 52.0 Å². The Morgan fingerprint density at radius 2 is 2.12 bits per heavy atom. The third kappa shape index (κ3) is 2.44. The Morgan fingerprint density at radius 3 is 2.76 bits per heavy atom. The molecule has 1 aliphatic carbocycles. The van der Waals surface area contributed by atoms with Gasteiger partial charge < -0.3 is 0 Å². The molecule has 1 saturated carbocycles. The Labute approximate surface area is 104 Å². The monoisotopic (exact) mass is 237 g/mol. The highest BCUT2D eigenvalue weighted by Gasteiger charge is 2.44. The number of likely N-dealkylation sites (tertiary alicyclic amines) is 1. The Bertz CT molecular complexity index is 311. The van der Waals surface area contributed by atoms with Gasteiger partial charge in [0.25, 0.3) is 0 Å². The molecular formula is C14H23NO2. The van der Waals surface area contributed by atoms with Gasteiger partial charge in [0.05, 0.1) is 12.0 Å². The molecule has 96 valence electrons. The number of fused-ring (bicyclic) bond motifs is 1. The molecule has 1 saturated heterocycles. The van der Waals surface area contributed by atoms with Crippen LogP contribution < -0.4 is 0 Å². The molecule has 0 spiro atoms. The Hall–Kier alpha value is -0.700. The Morgan fingerprint density at radius 1 is 1.35 bits per heavy atom. The van der Waals surface area contributed by atoms with Gasteiger partial charge in [0, 0.05) is 0 Å². The molecule has 0 N–H and O–H groups in total. The first-order valence-corrected chi connectivity index (χ1v) is 6.93. The number of nitrogens with zero attached hydrogens (tertiary/aromatic N) is 1. The van der Waals surface area contributed by atoms with E-state index in [1.807, 2.05) is 0 Å². The van der Waals surface area contributed by atoms with Crippen molar-refractivity contribution in [3.05, 3.63) is 0 Å². The summed E-state index contributed by atoms with van der Waals surface area (Å²) in [5.74, 6) is 0.476. The molecule has 1 heterocycles. The summed E-state index contributed by atoms with van der Waals surface area (Å²) in [5, 5.41) is 0. The van der Waals surface area contributed by atoms with Crippen molar-refractivity contribution in [1.29, 1.82) is 0 Å². The van der Waals surface area contributed by atoms with Crippen LogP contribution in [0.25, 0.3) is 0 Å². The van der Waals surface area contributed by atoms with Gasteiger partial charge in [-0.1, -0.05) is 6.92 Å². The number of rotatable bonds is 3. The summed E-state index contributed by atoms with van der Waals surface area (Å²) in [4.78, 5) is 26.3. The van der Waals surface area contributed by atoms with E-state index in [2.05, 4.69) is 11.8 Å². The number of carbonyl (C=O) groups excluding carboxylic acids is 2. The summed E-state index contributed by atoms with van der Waals surface area (Å²) < 4.78 is 0. The molecule has 0 aromatic carbocycles. The predicted octanol–water partition coefficient (Wildman–Crippen LogP) is 2.05. The van der Waals surface area contributed by atoms with Crippen LogP contribution in [-0.2, 0) is 9.59 Å². The third-order valence-electron chi connectivity index (χ3n) is 4.32. The van der Waals surface area contributed by atoms with E-state index in [-0.39, 0.29) is 23.5 Å². The lowest BCUT2D eigenvalue weighted by Gasteiger charge is -2.44. The molecule has 3 heteroatoms. The van der Waals surface area contributed by atoms with Gasteiger partial charge in [0.15, 0.2) is 5.78 Å². The first-order valence-electron chi connectivity index (χ1n) is 6.93. The van der Waals surface area contributed by atoms with Crippen LogP contribution in [0.4, 0.5) is 0 Å². The van der Waals surface area contributed by atoms with Crippen molar-refractivity contribution in [1.82, 2.24) is 4.90 Å². The normalized spacial score (nSPS) is 34.5. The molecule has 1 aliphatic heterocycles. The van der Waals surface area contributed by atoms with E-state index in [1.54, 1.807) is 6.92 Å². The number of hydrogen-bond donors (Lipinski definition) is 0. The highest BCUT2D eigenvalue weighted by Crippen LogP contribution is 2.36. The van der Waals surface area contributed by atoms with E-state index in [9.17, 15) is 9.59 Å². The van der Waals surface area contributed by atoms with E-state index in [0.29, 0.717) is 5.92 Å². The fourth-order valence-corrected chi connectivity index (χ4v) is 3.54. The molecule has 3 nitrogen and oxygen atoms in total. The van der Waals surface area contributed by atoms with Gasteiger partial charge >= 0.3 is 0 Å². The molecule has 0 aromatic rings. The minimum absolute atomic E-state index is 0.0475. The Balaban J connectivity index is 2.15. The summed E-state index contributed by atoms with van der Waals surface area (Å²) >= 11 is 0. The number of carbonyl (C=O) groups is 2. The minimum atomic E-state index is -0.311. The van der Waals surface area contributed by atoms with Crippen LogP contribution in [0, 0.1) is 11.8 Å². The lowest BCUT2D eigenvalue weighted by molar-refractivity contribution is -0.141. The van der Waals surface area contributed by atoms with Gasteiger partial charge in [0.2, 0.25) is 0 Å². The summed E-state index contributed by atoms with van der Waals surface area (Å²) in [5.41, 5.74) is 0. The van der Waals surface area contributed by atoms with Gasteiger partial charge in [0.1, 0.15) is 5.78 Å². The molecule has 17 heavy (non-hydrogen) atoms. The quantitative estimate of drug-likeness (QED) is 0.705. The van der Waals surface area contributed by atoms with Gasteiger partial charge in [-0.3, -0.25) is 14.5 Å². The maximum absolute atomic E-state index is 12.4. The zero-order chi connectivity index (χ0) is 12.4. The van der Waals surface area contributed by atoms with Crippen LogP contribution in [0.5, 0.6) is 0 Å². The standard InChI is InChI=1S/C14H23NO2/c1-3-8-15-9-4-5-11-6-7-12(10(2)16)14(17)13(11)15/h11-13H,3-9H2,1-2H3. The predicted molar refractivity (Wildman–Crippen MR) is 66.8 cm³/mol. The summed E-state index contributed by atoms with van der Waals surface area (Å²) in [6.07, 6.45) is 5.30. The van der Waals surface area contributed by atoms with Crippen LogP contribution in [0.2, 0.25) is 0 Å². The molecule has 2 aliphatic rings. The van der Waals surface area contributed by atoms with Crippen molar-refractivity contribution < 1.29 is 9.59 Å². The van der Waals surface area contributed by atoms with Crippen LogP contribution >= 0.6 is 0 Å². The van der Waals surface area contributed by atoms with Gasteiger partial charge in [-0.15, -0.1) is 0 Å². The van der Waals surface area contributed by atoms with E-state index < -0.39 is 0 Å². The molecule has 3 unspecified atom stereocenters. The second-order valence-electron chi connectivity index (χ2n) is 5.53. The molecular weight excluding hydrogens is 214 g/mol. The SMILES string of the molecule is CCCN1CCCC2CCC(C(C)=O)C(=O)C21. The maximum atomic E-state index is 12.4. The molecule has 0 amide bonds. The van der Waals surface area contributed by atoms with Gasteiger partial charge in [-0.05, 0) is 58.0 Å². The fourth-order valence-electron chi connectivity index (χ4n) is 3.54. The largest absolute Gasteiger partial charge is 0.299 e. The average Bonchev–Trinajstić information content (AvgIpc) is 2.29. The average molecular weight is 237 g/mol. The third-order valence-corrected chi connectivity index (χ3v) is 4.32. The van der Waals surface area contributed by atoms with E-state index in [4.69, 9.17) is 0 Å². The molecule has 0 aromatic heterocycles. The summed E-state index contributed by atoms with van der Waals surface area (Å²) in [6.45, 7) is 5.75. The zero-order valence-electron chi connectivity index (χ0n) is 10.9. The highest BCUT2D eigenvalue weighted by molar-refractivity contribution is 6.04. The van der Waals surface area contributed by atoms with Crippen molar-refractivity contribution in [2.24, 2.45) is 11.8 Å². The van der Waals surface area contributed by atoms with E-state index in [1.165, 1.54) is 12.8 Å². The molecule has 3 atom stereocenters. The lowest BCUT2D eigenvalue weighted by atomic mass is 9.72. The fraction of sp³-hybridized carbons (Fsp3) is 0.857. The number of hydrogen-bond acceptors (Lipinski definition) is 3. The molecule has 0 bridgehead atoms. The first kappa shape index (κ1) is 12.7. The van der Waals surface area contributed by atoms with E-state index >= 15 is 0 Å². The van der Waals surface area contributed by atoms with Crippen LogP contribution in [0.15, 0.2) is 0 Å². The van der Waals surface area contributed by atoms with Crippen molar-refractivity contribution in [3.63, 3.8) is 0 Å². The second-order valence-corrected chi connectivity index (χ2v) is 5.53. The van der Waals surface area contributed by atoms with Gasteiger partial charge in [-0.2, -0.15) is 0 Å². The van der Waals surface area contributed by atoms with Crippen LogP contribution in [0.1, 0.15) is 46.0 Å². The van der Waals surface area contributed by atoms with Crippen LogP contribution in [0.3, 0.4) is 0 Å². The van der Waals surface area contributed by atoms with Crippen molar-refractivity contribution in [3.8, 4) is 0 Å². The van der Waals surface area contributed by atoms with Crippen LogP contribution in [-0.4, -0.2) is 35.6 Å². The Kier molecular flexibility index (Phi) is 3.97. The molecule has 2 rings (SSSR count). The highest BCUT2D eigenvalue weighted by atomic mass is 16.2. The second kappa shape index (κ2) is 5.30. The lowest BCUT2D eigenvalue weighted by Crippen LogP contribution is -2.55. The van der Waals surface area contributed by atoms with Crippen molar-refractivity contribution >= 4 is 11.6 Å². The zero-order valence-corrected chi connectivity index (χ0v) is 10.9. The topological polar surface area (TPSA) is 37.4 Å². The smallest absolute Gasteiger partial charge is 0.160 e. The summed E-state index contributed by atoms with van der Waals surface area (Å²) in [7, 11) is 0.